The Kier molecular flexibility index (Phi) is 5.16. The van der Waals surface area contributed by atoms with Gasteiger partial charge in [0.1, 0.15) is 16.7 Å². The van der Waals surface area contributed by atoms with E-state index in [-0.39, 0.29) is 0 Å². The van der Waals surface area contributed by atoms with Crippen molar-refractivity contribution in [3.63, 3.8) is 0 Å². The lowest BCUT2D eigenvalue weighted by Gasteiger charge is -2.11. The molecular formula is C20H18ClN5O. The molecule has 2 N–H and O–H groups in total. The van der Waals surface area contributed by atoms with Crippen molar-refractivity contribution in [1.82, 2.24) is 20.2 Å². The van der Waals surface area contributed by atoms with Crippen LogP contribution in [-0.4, -0.2) is 26.8 Å². The van der Waals surface area contributed by atoms with Gasteiger partial charge in [0.15, 0.2) is 0 Å². The van der Waals surface area contributed by atoms with E-state index in [4.69, 9.17) is 16.3 Å². The van der Waals surface area contributed by atoms with Crippen LogP contribution in [0, 0.1) is 0 Å². The van der Waals surface area contributed by atoms with E-state index in [1.807, 2.05) is 42.7 Å². The molecule has 0 saturated heterocycles. The molecule has 4 rings (SSSR count). The van der Waals surface area contributed by atoms with E-state index in [1.54, 1.807) is 18.5 Å². The minimum Gasteiger partial charge on any atom is -0.494 e. The molecule has 0 atom stereocenters. The van der Waals surface area contributed by atoms with Gasteiger partial charge in [0.05, 0.1) is 24.7 Å². The van der Waals surface area contributed by atoms with Crippen LogP contribution in [0.5, 0.6) is 5.75 Å². The molecule has 0 spiro atoms. The quantitative estimate of drug-likeness (QED) is 0.357. The first-order valence-electron chi connectivity index (χ1n) is 8.66. The Morgan fingerprint density at radius 2 is 2.04 bits per heavy atom. The number of aryl methyl sites for hydroxylation is 1. The van der Waals surface area contributed by atoms with Gasteiger partial charge >= 0.3 is 0 Å². The molecule has 0 fully saturated rings. The second-order valence-corrected chi connectivity index (χ2v) is 6.48. The zero-order chi connectivity index (χ0) is 18.5. The summed E-state index contributed by atoms with van der Waals surface area (Å²) in [6.07, 6.45) is 9.08. The summed E-state index contributed by atoms with van der Waals surface area (Å²) < 4.78 is 5.89. The molecule has 0 aliphatic carbocycles. The predicted octanol–water partition coefficient (Wildman–Crippen LogP) is 4.76. The van der Waals surface area contributed by atoms with Crippen molar-refractivity contribution in [3.8, 4) is 5.75 Å². The van der Waals surface area contributed by atoms with Crippen LogP contribution < -0.4 is 10.1 Å². The Morgan fingerprint density at radius 3 is 2.85 bits per heavy atom. The molecule has 0 radical (unpaired) electrons. The fourth-order valence-electron chi connectivity index (χ4n) is 2.81. The van der Waals surface area contributed by atoms with Crippen molar-refractivity contribution < 1.29 is 4.74 Å². The van der Waals surface area contributed by atoms with Crippen LogP contribution in [0.4, 0.5) is 11.5 Å². The van der Waals surface area contributed by atoms with E-state index in [0.717, 1.165) is 40.9 Å². The maximum Gasteiger partial charge on any atom is 0.138 e. The molecule has 0 unspecified atom stereocenters. The van der Waals surface area contributed by atoms with Crippen LogP contribution in [0.15, 0.2) is 61.2 Å². The predicted molar refractivity (Wildman–Crippen MR) is 107 cm³/mol. The van der Waals surface area contributed by atoms with E-state index < -0.39 is 0 Å². The fourth-order valence-corrected chi connectivity index (χ4v) is 2.92. The van der Waals surface area contributed by atoms with Crippen molar-refractivity contribution in [2.75, 3.05) is 11.9 Å². The number of rotatable bonds is 7. The van der Waals surface area contributed by atoms with Crippen LogP contribution in [0.1, 0.15) is 12.0 Å². The molecule has 1 aromatic carbocycles. The molecule has 27 heavy (non-hydrogen) atoms. The molecule has 3 aromatic heterocycles. The first kappa shape index (κ1) is 17.3. The van der Waals surface area contributed by atoms with Crippen molar-refractivity contribution in [1.29, 1.82) is 0 Å². The van der Waals surface area contributed by atoms with Gasteiger partial charge in [-0.2, -0.15) is 5.10 Å². The molecule has 3 heterocycles. The zero-order valence-corrected chi connectivity index (χ0v) is 15.3. The van der Waals surface area contributed by atoms with Crippen molar-refractivity contribution in [2.24, 2.45) is 0 Å². The second-order valence-electron chi connectivity index (χ2n) is 6.10. The van der Waals surface area contributed by atoms with Crippen LogP contribution in [0.3, 0.4) is 0 Å². The minimum atomic E-state index is 0.459. The lowest BCUT2D eigenvalue weighted by molar-refractivity contribution is 0.311. The lowest BCUT2D eigenvalue weighted by Crippen LogP contribution is -1.99. The van der Waals surface area contributed by atoms with E-state index in [0.29, 0.717) is 11.8 Å². The number of H-pyrrole nitrogens is 1. The Hall–Kier alpha value is -3.12. The van der Waals surface area contributed by atoms with Gasteiger partial charge in [-0.1, -0.05) is 11.6 Å². The number of halogens is 1. The molecule has 0 aliphatic rings. The summed E-state index contributed by atoms with van der Waals surface area (Å²) in [6, 6.07) is 11.6. The number of fused-ring (bicyclic) bond motifs is 1. The highest BCUT2D eigenvalue weighted by atomic mass is 35.5. The molecule has 0 saturated carbocycles. The number of anilines is 2. The molecular weight excluding hydrogens is 362 g/mol. The third kappa shape index (κ3) is 4.35. The largest absolute Gasteiger partial charge is 0.494 e. The summed E-state index contributed by atoms with van der Waals surface area (Å²) in [5.74, 6) is 1.61. The van der Waals surface area contributed by atoms with E-state index >= 15 is 0 Å². The smallest absolute Gasteiger partial charge is 0.138 e. The number of hydrogen-bond acceptors (Lipinski definition) is 5. The van der Waals surface area contributed by atoms with E-state index in [9.17, 15) is 0 Å². The van der Waals surface area contributed by atoms with Gasteiger partial charge in [0, 0.05) is 17.8 Å². The minimum absolute atomic E-state index is 0.459. The van der Waals surface area contributed by atoms with Gasteiger partial charge in [-0.3, -0.25) is 5.10 Å². The topological polar surface area (TPSA) is 75.7 Å². The molecule has 6 nitrogen and oxygen atoms in total. The number of ether oxygens (including phenoxy) is 1. The van der Waals surface area contributed by atoms with E-state index in [2.05, 4.69) is 25.5 Å². The SMILES string of the molecule is Clc1ccc(Nc2nccc3cc(OCCCc4cn[nH]c4)ccc23)cn1. The first-order valence-corrected chi connectivity index (χ1v) is 9.03. The van der Waals surface area contributed by atoms with Gasteiger partial charge in [0.25, 0.3) is 0 Å². The summed E-state index contributed by atoms with van der Waals surface area (Å²) in [6.45, 7) is 0.656. The number of benzene rings is 1. The molecule has 7 heteroatoms. The summed E-state index contributed by atoms with van der Waals surface area (Å²) >= 11 is 5.84. The highest BCUT2D eigenvalue weighted by Gasteiger charge is 2.05. The number of pyridine rings is 2. The van der Waals surface area contributed by atoms with Gasteiger partial charge in [-0.25, -0.2) is 9.97 Å². The highest BCUT2D eigenvalue weighted by Crippen LogP contribution is 2.27. The van der Waals surface area contributed by atoms with E-state index in [1.165, 1.54) is 5.56 Å². The van der Waals surface area contributed by atoms with Crippen LogP contribution in [-0.2, 0) is 6.42 Å². The molecule has 4 aromatic rings. The Labute approximate surface area is 161 Å². The maximum absolute atomic E-state index is 5.89. The second kappa shape index (κ2) is 8.05. The lowest BCUT2D eigenvalue weighted by atomic mass is 10.1. The molecule has 0 bridgehead atoms. The van der Waals surface area contributed by atoms with Crippen LogP contribution in [0.2, 0.25) is 5.15 Å². The number of nitrogens with one attached hydrogen (secondary N) is 2. The summed E-state index contributed by atoms with van der Waals surface area (Å²) in [5.41, 5.74) is 2.02. The zero-order valence-electron chi connectivity index (χ0n) is 14.5. The van der Waals surface area contributed by atoms with Gasteiger partial charge in [-0.15, -0.1) is 0 Å². The van der Waals surface area contributed by atoms with Gasteiger partial charge < -0.3 is 10.1 Å². The first-order chi connectivity index (χ1) is 13.3. The number of aromatic amines is 1. The van der Waals surface area contributed by atoms with Crippen molar-refractivity contribution in [2.45, 2.75) is 12.8 Å². The Morgan fingerprint density at radius 1 is 1.07 bits per heavy atom. The Bertz CT molecular complexity index is 1020. The standard InChI is InChI=1S/C20H18ClN5O/c21-19-6-3-16(13-23-19)26-20-18-5-4-17(10-15(18)7-8-22-20)27-9-1-2-14-11-24-25-12-14/h3-8,10-13H,1-2,9H2,(H,22,26)(H,24,25). The normalized spacial score (nSPS) is 10.9. The molecule has 136 valence electrons. The summed E-state index contributed by atoms with van der Waals surface area (Å²) in [7, 11) is 0. The number of aromatic nitrogens is 4. The third-order valence-corrected chi connectivity index (χ3v) is 4.38. The molecule has 0 aliphatic heterocycles. The Balaban J connectivity index is 1.44. The third-order valence-electron chi connectivity index (χ3n) is 4.16. The summed E-state index contributed by atoms with van der Waals surface area (Å²) in [4.78, 5) is 8.52. The highest BCUT2D eigenvalue weighted by molar-refractivity contribution is 6.29. The van der Waals surface area contributed by atoms with Crippen molar-refractivity contribution >= 4 is 33.9 Å². The number of hydrogen-bond donors (Lipinski definition) is 2. The average Bonchev–Trinajstić information content (AvgIpc) is 3.21. The average molecular weight is 380 g/mol. The monoisotopic (exact) mass is 379 g/mol. The number of nitrogens with zero attached hydrogens (tertiary/aromatic N) is 3. The molecule has 0 amide bonds. The van der Waals surface area contributed by atoms with Crippen LogP contribution >= 0.6 is 11.6 Å². The maximum atomic E-state index is 5.89. The van der Waals surface area contributed by atoms with Gasteiger partial charge in [-0.05, 0) is 60.2 Å². The van der Waals surface area contributed by atoms with Crippen LogP contribution in [0.25, 0.3) is 10.8 Å². The summed E-state index contributed by atoms with van der Waals surface area (Å²) in [5, 5.41) is 12.6. The fraction of sp³-hybridized carbons (Fsp3) is 0.150. The van der Waals surface area contributed by atoms with Gasteiger partial charge in [0.2, 0.25) is 0 Å². The van der Waals surface area contributed by atoms with Crippen molar-refractivity contribution in [3.05, 3.63) is 71.9 Å².